The van der Waals surface area contributed by atoms with Crippen molar-refractivity contribution < 1.29 is 27.6 Å². The normalized spacial score (nSPS) is 28.7. The Kier molecular flexibility index (Phi) is 7.55. The standard InChI is InChI=1S/C21H29NO3.CH4O3S/c23-20(25-19-15-7-6-8-16(19)14-22-13-15)21(24,18-11-4-5-12-18)17-9-2-1-3-10-17;1-5(2,3)4/h1-3,9-10,15-16,18-19,22,24H,4-8,11-14H2;1H3,(H,2,3,4)/t15?,16?,19?,21-;/m0./s1. The van der Waals surface area contributed by atoms with Crippen LogP contribution in [0.4, 0.5) is 0 Å². The van der Waals surface area contributed by atoms with E-state index in [-0.39, 0.29) is 12.0 Å². The zero-order valence-electron chi connectivity index (χ0n) is 17.5. The van der Waals surface area contributed by atoms with E-state index in [1.54, 1.807) is 0 Å². The lowest BCUT2D eigenvalue weighted by atomic mass is 9.75. The van der Waals surface area contributed by atoms with Gasteiger partial charge in [-0.25, -0.2) is 4.79 Å². The first-order valence-electron chi connectivity index (χ1n) is 10.8. The molecule has 3 N–H and O–H groups in total. The number of benzene rings is 1. The van der Waals surface area contributed by atoms with Gasteiger partial charge < -0.3 is 15.2 Å². The Bertz CT molecular complexity index is 778. The van der Waals surface area contributed by atoms with Crippen LogP contribution < -0.4 is 5.32 Å². The van der Waals surface area contributed by atoms with Crippen molar-refractivity contribution in [2.45, 2.75) is 56.7 Å². The van der Waals surface area contributed by atoms with Crippen LogP contribution >= 0.6 is 0 Å². The van der Waals surface area contributed by atoms with Gasteiger partial charge in [-0.1, -0.05) is 49.6 Å². The van der Waals surface area contributed by atoms with Gasteiger partial charge >= 0.3 is 5.97 Å². The van der Waals surface area contributed by atoms with E-state index < -0.39 is 21.7 Å². The van der Waals surface area contributed by atoms with Crippen molar-refractivity contribution in [1.82, 2.24) is 5.32 Å². The molecule has 2 unspecified atom stereocenters. The molecule has 2 saturated carbocycles. The summed E-state index contributed by atoms with van der Waals surface area (Å²) in [6.07, 6.45) is 8.03. The highest BCUT2D eigenvalue weighted by atomic mass is 32.2. The number of esters is 1. The highest BCUT2D eigenvalue weighted by molar-refractivity contribution is 7.85. The Balaban J connectivity index is 0.000000461. The number of nitrogens with one attached hydrogen (secondary N) is 1. The van der Waals surface area contributed by atoms with E-state index in [1.165, 1.54) is 6.42 Å². The highest BCUT2D eigenvalue weighted by Crippen LogP contribution is 2.43. The van der Waals surface area contributed by atoms with Crippen LogP contribution in [0.5, 0.6) is 0 Å². The summed E-state index contributed by atoms with van der Waals surface area (Å²) < 4.78 is 31.9. The van der Waals surface area contributed by atoms with Crippen LogP contribution in [-0.4, -0.2) is 49.5 Å². The third-order valence-corrected chi connectivity index (χ3v) is 6.61. The summed E-state index contributed by atoms with van der Waals surface area (Å²) in [5, 5.41) is 15.0. The Morgan fingerprint density at radius 3 is 2.10 bits per heavy atom. The molecule has 0 radical (unpaired) electrons. The monoisotopic (exact) mass is 439 g/mol. The second-order valence-corrected chi connectivity index (χ2v) is 10.3. The van der Waals surface area contributed by atoms with Gasteiger partial charge in [-0.05, 0) is 31.2 Å². The number of hydrogen-bond donors (Lipinski definition) is 3. The summed E-state index contributed by atoms with van der Waals surface area (Å²) in [6.45, 7) is 1.84. The van der Waals surface area contributed by atoms with Crippen LogP contribution in [0.15, 0.2) is 30.3 Å². The van der Waals surface area contributed by atoms with Crippen LogP contribution in [0.1, 0.15) is 50.5 Å². The zero-order chi connectivity index (χ0) is 21.8. The minimum absolute atomic E-state index is 0.0380. The number of aliphatic hydroxyl groups is 1. The van der Waals surface area contributed by atoms with E-state index >= 15 is 0 Å². The molecule has 1 aliphatic heterocycles. The molecule has 168 valence electrons. The number of rotatable bonds is 4. The second kappa shape index (κ2) is 9.77. The molecule has 7 nitrogen and oxygen atoms in total. The molecule has 1 heterocycles. The van der Waals surface area contributed by atoms with Gasteiger partial charge in [-0.3, -0.25) is 4.55 Å². The smallest absolute Gasteiger partial charge is 0.343 e. The number of carbonyl (C=O) groups excluding carboxylic acids is 1. The van der Waals surface area contributed by atoms with Gasteiger partial charge in [0, 0.05) is 30.8 Å². The number of carbonyl (C=O) groups is 1. The van der Waals surface area contributed by atoms with E-state index in [0.29, 0.717) is 23.7 Å². The molecule has 1 aromatic rings. The van der Waals surface area contributed by atoms with Crippen molar-refractivity contribution in [3.05, 3.63) is 35.9 Å². The van der Waals surface area contributed by atoms with Gasteiger partial charge in [-0.2, -0.15) is 8.42 Å². The molecule has 2 bridgehead atoms. The molecule has 3 fully saturated rings. The Hall–Kier alpha value is -1.48. The van der Waals surface area contributed by atoms with E-state index in [0.717, 1.165) is 51.6 Å². The maximum atomic E-state index is 13.3. The molecular formula is C22H33NO6S. The number of piperidine rings is 1. The molecule has 0 aromatic heterocycles. The SMILES string of the molecule is CS(=O)(=O)O.O=C(OC1C2CCCC1CNC2)[C@](O)(c1ccccc1)C1CCCC1. The van der Waals surface area contributed by atoms with E-state index in [2.05, 4.69) is 5.32 Å². The fourth-order valence-electron chi connectivity index (χ4n) is 5.21. The lowest BCUT2D eigenvalue weighted by Gasteiger charge is -2.43. The zero-order valence-corrected chi connectivity index (χ0v) is 18.3. The molecule has 3 atom stereocenters. The van der Waals surface area contributed by atoms with Crippen molar-refractivity contribution in [3.63, 3.8) is 0 Å². The molecule has 4 rings (SSSR count). The predicted molar refractivity (Wildman–Crippen MR) is 113 cm³/mol. The predicted octanol–water partition coefficient (Wildman–Crippen LogP) is 2.50. The Morgan fingerprint density at radius 2 is 1.57 bits per heavy atom. The molecule has 0 spiro atoms. The van der Waals surface area contributed by atoms with Crippen LogP contribution in [0.2, 0.25) is 0 Å². The van der Waals surface area contributed by atoms with Gasteiger partial charge in [0.25, 0.3) is 10.1 Å². The minimum atomic E-state index is -3.67. The lowest BCUT2D eigenvalue weighted by molar-refractivity contribution is -0.188. The summed E-state index contributed by atoms with van der Waals surface area (Å²) in [7, 11) is -3.67. The number of fused-ring (bicyclic) bond motifs is 2. The third kappa shape index (κ3) is 5.60. The molecule has 8 heteroatoms. The summed E-state index contributed by atoms with van der Waals surface area (Å²) in [5.74, 6) is 0.318. The summed E-state index contributed by atoms with van der Waals surface area (Å²) in [5.41, 5.74) is -0.817. The highest BCUT2D eigenvalue weighted by Gasteiger charge is 2.50. The van der Waals surface area contributed by atoms with E-state index in [9.17, 15) is 18.3 Å². The van der Waals surface area contributed by atoms with E-state index in [4.69, 9.17) is 9.29 Å². The largest absolute Gasteiger partial charge is 0.459 e. The molecule has 2 aliphatic carbocycles. The average Bonchev–Trinajstić information content (AvgIpc) is 3.22. The average molecular weight is 440 g/mol. The third-order valence-electron chi connectivity index (χ3n) is 6.61. The van der Waals surface area contributed by atoms with Crippen molar-refractivity contribution >= 4 is 16.1 Å². The first-order chi connectivity index (χ1) is 14.2. The molecular weight excluding hydrogens is 406 g/mol. The van der Waals surface area contributed by atoms with Gasteiger partial charge in [-0.15, -0.1) is 0 Å². The molecule has 1 aromatic carbocycles. The number of hydrogen-bond acceptors (Lipinski definition) is 6. The lowest BCUT2D eigenvalue weighted by Crippen LogP contribution is -2.54. The molecule has 1 saturated heterocycles. The van der Waals surface area contributed by atoms with Crippen LogP contribution in [0.25, 0.3) is 0 Å². The van der Waals surface area contributed by atoms with Crippen molar-refractivity contribution in [3.8, 4) is 0 Å². The quantitative estimate of drug-likeness (QED) is 0.488. The van der Waals surface area contributed by atoms with Crippen molar-refractivity contribution in [2.24, 2.45) is 17.8 Å². The number of ether oxygens (including phenoxy) is 1. The summed E-state index contributed by atoms with van der Waals surface area (Å²) in [4.78, 5) is 13.3. The minimum Gasteiger partial charge on any atom is -0.459 e. The first kappa shape index (κ1) is 23.2. The Morgan fingerprint density at radius 1 is 1.03 bits per heavy atom. The fourth-order valence-corrected chi connectivity index (χ4v) is 5.21. The van der Waals surface area contributed by atoms with Gasteiger partial charge in [0.2, 0.25) is 0 Å². The van der Waals surface area contributed by atoms with E-state index in [1.807, 2.05) is 30.3 Å². The molecule has 30 heavy (non-hydrogen) atoms. The summed E-state index contributed by atoms with van der Waals surface area (Å²) >= 11 is 0. The molecule has 0 amide bonds. The van der Waals surface area contributed by atoms with Crippen molar-refractivity contribution in [2.75, 3.05) is 19.3 Å². The molecule has 3 aliphatic rings. The fraction of sp³-hybridized carbons (Fsp3) is 0.682. The first-order valence-corrected chi connectivity index (χ1v) is 12.7. The summed E-state index contributed by atoms with van der Waals surface area (Å²) in [6, 6.07) is 9.43. The van der Waals surface area contributed by atoms with Gasteiger partial charge in [0.15, 0.2) is 5.60 Å². The van der Waals surface area contributed by atoms with Crippen LogP contribution in [-0.2, 0) is 25.3 Å². The second-order valence-electron chi connectivity index (χ2n) is 8.83. The maximum Gasteiger partial charge on any atom is 0.343 e. The van der Waals surface area contributed by atoms with Gasteiger partial charge in [0.1, 0.15) is 6.10 Å². The van der Waals surface area contributed by atoms with Gasteiger partial charge in [0.05, 0.1) is 6.26 Å². The maximum absolute atomic E-state index is 13.3. The van der Waals surface area contributed by atoms with Crippen LogP contribution in [0, 0.1) is 17.8 Å². The van der Waals surface area contributed by atoms with Crippen molar-refractivity contribution in [1.29, 1.82) is 0 Å². The topological polar surface area (TPSA) is 113 Å². The van der Waals surface area contributed by atoms with Crippen LogP contribution in [0.3, 0.4) is 0 Å². The Labute approximate surface area is 179 Å².